The molecule has 0 saturated heterocycles. The van der Waals surface area contributed by atoms with Gasteiger partial charge in [-0.1, -0.05) is 18.3 Å². The molecule has 0 radical (unpaired) electrons. The Morgan fingerprint density at radius 2 is 2.00 bits per heavy atom. The highest BCUT2D eigenvalue weighted by molar-refractivity contribution is 9.10. The normalized spacial score (nSPS) is 10.4. The van der Waals surface area contributed by atoms with Gasteiger partial charge in [-0.3, -0.25) is 0 Å². The molecule has 2 aromatic rings. The van der Waals surface area contributed by atoms with Crippen molar-refractivity contribution in [2.24, 2.45) is 5.73 Å². The van der Waals surface area contributed by atoms with Crippen molar-refractivity contribution < 1.29 is 5.11 Å². The van der Waals surface area contributed by atoms with Crippen LogP contribution in [-0.4, -0.2) is 16.6 Å². The van der Waals surface area contributed by atoms with Gasteiger partial charge in [0.25, 0.3) is 0 Å². The number of anilines is 2. The van der Waals surface area contributed by atoms with Crippen LogP contribution in [0, 0.1) is 6.92 Å². The molecule has 0 heterocycles. The number of rotatable bonds is 4. The van der Waals surface area contributed by atoms with Gasteiger partial charge in [0.1, 0.15) is 10.7 Å². The van der Waals surface area contributed by atoms with Gasteiger partial charge in [-0.15, -0.1) is 0 Å². The summed E-state index contributed by atoms with van der Waals surface area (Å²) in [6.07, 6.45) is 0. The zero-order valence-electron chi connectivity index (χ0n) is 11.9. The number of aromatic hydroxyl groups is 1. The van der Waals surface area contributed by atoms with Crippen molar-refractivity contribution in [3.63, 3.8) is 0 Å². The molecule has 0 aliphatic carbocycles. The summed E-state index contributed by atoms with van der Waals surface area (Å²) in [5, 5.41) is 9.73. The Hall–Kier alpha value is -1.59. The topological polar surface area (TPSA) is 49.5 Å². The second-order valence-corrected chi connectivity index (χ2v) is 6.04. The molecular formula is C16H17BrN2OS. The average Bonchev–Trinajstić information content (AvgIpc) is 2.43. The minimum absolute atomic E-state index is 0.257. The van der Waals surface area contributed by atoms with Gasteiger partial charge in [0, 0.05) is 34.0 Å². The van der Waals surface area contributed by atoms with Crippen LogP contribution >= 0.6 is 28.1 Å². The third-order valence-electron chi connectivity index (χ3n) is 3.33. The number of aryl methyl sites for hydroxylation is 1. The van der Waals surface area contributed by atoms with Crippen molar-refractivity contribution in [1.29, 1.82) is 0 Å². The molecule has 0 unspecified atom stereocenters. The Kier molecular flexibility index (Phi) is 4.85. The molecule has 3 nitrogen and oxygen atoms in total. The van der Waals surface area contributed by atoms with E-state index in [1.807, 2.05) is 31.2 Å². The highest BCUT2D eigenvalue weighted by Crippen LogP contribution is 2.33. The standard InChI is InChI=1S/C16H17BrN2OS/c1-3-19(15-9-12(20)6-4-10(15)2)11-5-7-13(16(18)21)14(17)8-11/h4-9,20H,3H2,1-2H3,(H2,18,21). The first-order valence-electron chi connectivity index (χ1n) is 6.60. The van der Waals surface area contributed by atoms with Crippen LogP contribution in [0.25, 0.3) is 0 Å². The Balaban J connectivity index is 2.49. The number of hydrogen-bond donors (Lipinski definition) is 2. The molecule has 0 amide bonds. The predicted octanol–water partition coefficient (Wildman–Crippen LogP) is 4.26. The zero-order valence-corrected chi connectivity index (χ0v) is 14.3. The van der Waals surface area contributed by atoms with Gasteiger partial charge >= 0.3 is 0 Å². The molecule has 2 rings (SSSR count). The van der Waals surface area contributed by atoms with Crippen LogP contribution < -0.4 is 10.6 Å². The van der Waals surface area contributed by atoms with E-state index in [0.717, 1.165) is 33.5 Å². The van der Waals surface area contributed by atoms with Gasteiger partial charge in [0.2, 0.25) is 0 Å². The maximum atomic E-state index is 9.73. The van der Waals surface area contributed by atoms with Crippen LogP contribution in [0.15, 0.2) is 40.9 Å². The van der Waals surface area contributed by atoms with Gasteiger partial charge in [0.15, 0.2) is 0 Å². The third kappa shape index (κ3) is 3.36. The number of halogens is 1. The number of hydrogen-bond acceptors (Lipinski definition) is 3. The number of nitrogens with two attached hydrogens (primary N) is 1. The summed E-state index contributed by atoms with van der Waals surface area (Å²) < 4.78 is 0.865. The highest BCUT2D eigenvalue weighted by atomic mass is 79.9. The van der Waals surface area contributed by atoms with Crippen LogP contribution in [0.4, 0.5) is 11.4 Å². The molecule has 0 spiro atoms. The fourth-order valence-corrected chi connectivity index (χ4v) is 3.14. The smallest absolute Gasteiger partial charge is 0.117 e. The van der Waals surface area contributed by atoms with Crippen molar-refractivity contribution in [3.8, 4) is 5.75 Å². The Morgan fingerprint density at radius 1 is 1.29 bits per heavy atom. The summed E-state index contributed by atoms with van der Waals surface area (Å²) in [4.78, 5) is 2.49. The quantitative estimate of drug-likeness (QED) is 0.795. The molecule has 0 aliphatic heterocycles. The number of thiocarbonyl (C=S) groups is 1. The molecule has 5 heteroatoms. The van der Waals surface area contributed by atoms with Crippen LogP contribution in [0.3, 0.4) is 0 Å². The van der Waals surface area contributed by atoms with Gasteiger partial charge in [0.05, 0.1) is 0 Å². The summed E-state index contributed by atoms with van der Waals surface area (Å²) in [6.45, 7) is 4.87. The minimum atomic E-state index is 0.257. The molecule has 0 fully saturated rings. The predicted molar refractivity (Wildman–Crippen MR) is 95.6 cm³/mol. The Labute approximate surface area is 138 Å². The van der Waals surface area contributed by atoms with Crippen LogP contribution in [0.1, 0.15) is 18.1 Å². The third-order valence-corrected chi connectivity index (χ3v) is 4.21. The molecular weight excluding hydrogens is 348 g/mol. The highest BCUT2D eigenvalue weighted by Gasteiger charge is 2.13. The van der Waals surface area contributed by atoms with Crippen molar-refractivity contribution in [2.45, 2.75) is 13.8 Å². The first-order valence-corrected chi connectivity index (χ1v) is 7.80. The first-order chi connectivity index (χ1) is 9.93. The molecule has 3 N–H and O–H groups in total. The van der Waals surface area contributed by atoms with Crippen molar-refractivity contribution in [3.05, 3.63) is 52.0 Å². The van der Waals surface area contributed by atoms with Gasteiger partial charge in [-0.05, 0) is 59.6 Å². The molecule has 0 bridgehead atoms. The largest absolute Gasteiger partial charge is 0.508 e. The summed E-state index contributed by atoms with van der Waals surface area (Å²) in [5.41, 5.74) is 9.59. The summed E-state index contributed by atoms with van der Waals surface area (Å²) in [6, 6.07) is 11.2. The van der Waals surface area contributed by atoms with E-state index < -0.39 is 0 Å². The first kappa shape index (κ1) is 15.8. The number of phenols is 1. The fraction of sp³-hybridized carbons (Fsp3) is 0.188. The number of nitrogens with zero attached hydrogens (tertiary/aromatic N) is 1. The average molecular weight is 365 g/mol. The van der Waals surface area contributed by atoms with E-state index in [1.165, 1.54) is 0 Å². The van der Waals surface area contributed by atoms with E-state index >= 15 is 0 Å². The number of phenolic OH excluding ortho intramolecular Hbond substituents is 1. The molecule has 110 valence electrons. The van der Waals surface area contributed by atoms with Gasteiger partial charge in [-0.2, -0.15) is 0 Å². The van der Waals surface area contributed by atoms with Crippen LogP contribution in [-0.2, 0) is 0 Å². The maximum Gasteiger partial charge on any atom is 0.117 e. The van der Waals surface area contributed by atoms with Crippen LogP contribution in [0.5, 0.6) is 5.75 Å². The molecule has 0 saturated carbocycles. The summed E-state index contributed by atoms with van der Waals surface area (Å²) in [7, 11) is 0. The summed E-state index contributed by atoms with van der Waals surface area (Å²) in [5.74, 6) is 0.257. The second-order valence-electron chi connectivity index (χ2n) is 4.74. The SMILES string of the molecule is CCN(c1ccc(C(N)=S)c(Br)c1)c1cc(O)ccc1C. The maximum absolute atomic E-state index is 9.73. The lowest BCUT2D eigenvalue weighted by Gasteiger charge is -2.26. The van der Waals surface area contributed by atoms with E-state index in [0.29, 0.717) is 4.99 Å². The summed E-state index contributed by atoms with van der Waals surface area (Å²) >= 11 is 8.53. The lowest BCUT2D eigenvalue weighted by atomic mass is 10.1. The molecule has 0 atom stereocenters. The van der Waals surface area contributed by atoms with Crippen molar-refractivity contribution in [2.75, 3.05) is 11.4 Å². The lowest BCUT2D eigenvalue weighted by molar-refractivity contribution is 0.475. The van der Waals surface area contributed by atoms with E-state index in [-0.39, 0.29) is 5.75 Å². The van der Waals surface area contributed by atoms with E-state index in [4.69, 9.17) is 18.0 Å². The molecule has 2 aromatic carbocycles. The second kappa shape index (κ2) is 6.45. The van der Waals surface area contributed by atoms with Gasteiger partial charge in [-0.25, -0.2) is 0 Å². The Morgan fingerprint density at radius 3 is 2.57 bits per heavy atom. The van der Waals surface area contributed by atoms with Crippen LogP contribution in [0.2, 0.25) is 0 Å². The van der Waals surface area contributed by atoms with E-state index in [2.05, 4.69) is 27.8 Å². The van der Waals surface area contributed by atoms with Gasteiger partial charge < -0.3 is 15.7 Å². The van der Waals surface area contributed by atoms with E-state index in [9.17, 15) is 5.11 Å². The lowest BCUT2D eigenvalue weighted by Crippen LogP contribution is -2.18. The zero-order chi connectivity index (χ0) is 15.6. The number of benzene rings is 2. The Bertz CT molecular complexity index is 688. The monoisotopic (exact) mass is 364 g/mol. The minimum Gasteiger partial charge on any atom is -0.508 e. The van der Waals surface area contributed by atoms with Crippen molar-refractivity contribution >= 4 is 44.5 Å². The fourth-order valence-electron chi connectivity index (χ4n) is 2.25. The molecule has 21 heavy (non-hydrogen) atoms. The van der Waals surface area contributed by atoms with E-state index in [1.54, 1.807) is 12.1 Å². The molecule has 0 aromatic heterocycles. The van der Waals surface area contributed by atoms with Crippen molar-refractivity contribution in [1.82, 2.24) is 0 Å². The molecule has 0 aliphatic rings.